The van der Waals surface area contributed by atoms with Gasteiger partial charge in [0.1, 0.15) is 12.6 Å². The number of fused-ring (bicyclic) bond motifs is 3. The molecular formula is C23H21N5O3. The van der Waals surface area contributed by atoms with Crippen LogP contribution in [0.2, 0.25) is 0 Å². The van der Waals surface area contributed by atoms with Gasteiger partial charge >= 0.3 is 0 Å². The minimum absolute atomic E-state index is 0.243. The molecule has 4 aromatic rings. The number of para-hydroxylation sites is 1. The van der Waals surface area contributed by atoms with E-state index >= 15 is 0 Å². The molecule has 8 nitrogen and oxygen atoms in total. The first-order chi connectivity index (χ1) is 15.0. The molecule has 1 aliphatic rings. The summed E-state index contributed by atoms with van der Waals surface area (Å²) in [6.07, 6.45) is 0.688. The fourth-order valence-electron chi connectivity index (χ4n) is 4.34. The zero-order valence-electron chi connectivity index (χ0n) is 17.0. The molecule has 156 valence electrons. The van der Waals surface area contributed by atoms with Crippen molar-refractivity contribution < 1.29 is 4.79 Å². The lowest BCUT2D eigenvalue weighted by Crippen LogP contribution is -2.44. The number of hydrogen-bond acceptors (Lipinski definition) is 4. The largest absolute Gasteiger partial charge is 0.356 e. The number of amides is 1. The number of carbonyl (C=O) groups excluding carboxylic acids is 1. The predicted molar refractivity (Wildman–Crippen MR) is 116 cm³/mol. The standard InChI is InChI=1S/C23H21N5O3/c1-14-5-4-8-18(24-14)23-22-16(15-6-2-3-7-17(15)25-22)11-12-27(23)21(31)13-28-20(30)10-9-19(29)26-28/h2-10,23,25H,11-13H2,1H3,(H,26,29)/t23-/m0/s1. The van der Waals surface area contributed by atoms with E-state index in [1.165, 1.54) is 5.56 Å². The van der Waals surface area contributed by atoms with Crippen molar-refractivity contribution in [2.24, 2.45) is 0 Å². The van der Waals surface area contributed by atoms with E-state index in [9.17, 15) is 14.4 Å². The van der Waals surface area contributed by atoms with Crippen LogP contribution in [0.15, 0.2) is 64.2 Å². The van der Waals surface area contributed by atoms with E-state index in [2.05, 4.69) is 16.1 Å². The summed E-state index contributed by atoms with van der Waals surface area (Å²) in [5, 5.41) is 3.57. The van der Waals surface area contributed by atoms with E-state index in [0.29, 0.717) is 13.0 Å². The number of carbonyl (C=O) groups is 1. The number of H-pyrrole nitrogens is 2. The van der Waals surface area contributed by atoms with Crippen LogP contribution in [-0.4, -0.2) is 37.1 Å². The minimum atomic E-state index is -0.430. The summed E-state index contributed by atoms with van der Waals surface area (Å²) in [5.74, 6) is -0.262. The maximum Gasteiger partial charge on any atom is 0.265 e. The highest BCUT2D eigenvalue weighted by Gasteiger charge is 2.35. The molecule has 0 bridgehead atoms. The van der Waals surface area contributed by atoms with Crippen LogP contribution in [0, 0.1) is 6.92 Å². The molecule has 1 aliphatic heterocycles. The van der Waals surface area contributed by atoms with E-state index in [1.807, 2.05) is 43.3 Å². The second-order valence-corrected chi connectivity index (χ2v) is 7.74. The van der Waals surface area contributed by atoms with Crippen LogP contribution in [0.1, 0.15) is 28.7 Å². The van der Waals surface area contributed by atoms with E-state index in [4.69, 9.17) is 4.98 Å². The Labute approximate surface area is 177 Å². The predicted octanol–water partition coefficient (Wildman–Crippen LogP) is 1.90. The fraction of sp³-hybridized carbons (Fsp3) is 0.217. The Kier molecular flexibility index (Phi) is 4.54. The van der Waals surface area contributed by atoms with Crippen LogP contribution in [-0.2, 0) is 17.8 Å². The van der Waals surface area contributed by atoms with Crippen molar-refractivity contribution in [1.82, 2.24) is 24.6 Å². The van der Waals surface area contributed by atoms with Crippen molar-refractivity contribution in [3.63, 3.8) is 0 Å². The third-order valence-corrected chi connectivity index (χ3v) is 5.73. The Morgan fingerprint density at radius 2 is 1.94 bits per heavy atom. The van der Waals surface area contributed by atoms with Gasteiger partial charge in [-0.05, 0) is 37.1 Å². The van der Waals surface area contributed by atoms with Gasteiger partial charge in [-0.3, -0.25) is 24.5 Å². The van der Waals surface area contributed by atoms with Crippen molar-refractivity contribution in [1.29, 1.82) is 0 Å². The van der Waals surface area contributed by atoms with E-state index in [1.54, 1.807) is 4.90 Å². The molecule has 0 spiro atoms. The summed E-state index contributed by atoms with van der Waals surface area (Å²) in [6.45, 7) is 2.16. The molecule has 1 amide bonds. The summed E-state index contributed by atoms with van der Waals surface area (Å²) >= 11 is 0. The van der Waals surface area contributed by atoms with Gasteiger partial charge in [0.05, 0.1) is 5.69 Å². The van der Waals surface area contributed by atoms with Gasteiger partial charge in [0.15, 0.2) is 0 Å². The molecule has 0 fully saturated rings. The van der Waals surface area contributed by atoms with Gasteiger partial charge in [-0.2, -0.15) is 0 Å². The number of nitrogens with one attached hydrogen (secondary N) is 2. The lowest BCUT2D eigenvalue weighted by molar-refractivity contribution is -0.134. The minimum Gasteiger partial charge on any atom is -0.356 e. The normalized spacial score (nSPS) is 15.8. The molecule has 1 aromatic carbocycles. The van der Waals surface area contributed by atoms with Gasteiger partial charge in [-0.15, -0.1) is 0 Å². The third kappa shape index (κ3) is 3.35. The molecule has 0 saturated heterocycles. The van der Waals surface area contributed by atoms with Crippen LogP contribution in [0.3, 0.4) is 0 Å². The topological polar surface area (TPSA) is 104 Å². The van der Waals surface area contributed by atoms with Crippen molar-refractivity contribution in [2.45, 2.75) is 25.9 Å². The average Bonchev–Trinajstić information content (AvgIpc) is 3.14. The molecule has 8 heteroatoms. The van der Waals surface area contributed by atoms with Gasteiger partial charge in [0.25, 0.3) is 11.1 Å². The number of aromatic nitrogens is 4. The van der Waals surface area contributed by atoms with Crippen LogP contribution in [0.5, 0.6) is 0 Å². The van der Waals surface area contributed by atoms with E-state index in [0.717, 1.165) is 44.8 Å². The highest BCUT2D eigenvalue weighted by molar-refractivity contribution is 5.86. The number of pyridine rings is 1. The van der Waals surface area contributed by atoms with Crippen molar-refractivity contribution in [2.75, 3.05) is 6.54 Å². The Balaban J connectivity index is 1.61. The molecule has 31 heavy (non-hydrogen) atoms. The lowest BCUT2D eigenvalue weighted by atomic mass is 9.94. The molecule has 0 aliphatic carbocycles. The Bertz CT molecular complexity index is 1410. The fourth-order valence-corrected chi connectivity index (χ4v) is 4.34. The number of aryl methyl sites for hydroxylation is 1. The number of rotatable bonds is 3. The summed E-state index contributed by atoms with van der Waals surface area (Å²) in [7, 11) is 0. The number of hydrogen-bond donors (Lipinski definition) is 2. The van der Waals surface area contributed by atoms with Gasteiger partial charge in [0.2, 0.25) is 5.91 Å². The Hall–Kier alpha value is -3.94. The zero-order valence-corrected chi connectivity index (χ0v) is 17.0. The highest BCUT2D eigenvalue weighted by Crippen LogP contribution is 2.37. The first-order valence-corrected chi connectivity index (χ1v) is 10.1. The van der Waals surface area contributed by atoms with Crippen molar-refractivity contribution in [3.05, 3.63) is 98.0 Å². The number of benzene rings is 1. The van der Waals surface area contributed by atoms with Gasteiger partial charge in [0, 0.05) is 41.0 Å². The summed E-state index contributed by atoms with van der Waals surface area (Å²) in [4.78, 5) is 47.0. The molecule has 2 N–H and O–H groups in total. The van der Waals surface area contributed by atoms with Crippen LogP contribution >= 0.6 is 0 Å². The maximum atomic E-state index is 13.3. The quantitative estimate of drug-likeness (QED) is 0.533. The molecule has 0 saturated carbocycles. The second-order valence-electron chi connectivity index (χ2n) is 7.74. The van der Waals surface area contributed by atoms with E-state index < -0.39 is 17.2 Å². The van der Waals surface area contributed by atoms with Crippen molar-refractivity contribution in [3.8, 4) is 0 Å². The highest BCUT2D eigenvalue weighted by atomic mass is 16.2. The monoisotopic (exact) mass is 415 g/mol. The first kappa shape index (κ1) is 19.0. The smallest absolute Gasteiger partial charge is 0.265 e. The Morgan fingerprint density at radius 1 is 1.10 bits per heavy atom. The summed E-state index contributed by atoms with van der Waals surface area (Å²) in [6, 6.07) is 15.8. The Morgan fingerprint density at radius 3 is 2.77 bits per heavy atom. The molecule has 1 atom stereocenters. The first-order valence-electron chi connectivity index (χ1n) is 10.1. The van der Waals surface area contributed by atoms with Crippen LogP contribution in [0.25, 0.3) is 10.9 Å². The van der Waals surface area contributed by atoms with Gasteiger partial charge in [-0.1, -0.05) is 24.3 Å². The summed E-state index contributed by atoms with van der Waals surface area (Å²) in [5.41, 5.74) is 3.89. The van der Waals surface area contributed by atoms with E-state index in [-0.39, 0.29) is 12.5 Å². The average molecular weight is 415 g/mol. The van der Waals surface area contributed by atoms with Gasteiger partial charge in [-0.25, -0.2) is 4.68 Å². The van der Waals surface area contributed by atoms with Crippen LogP contribution < -0.4 is 11.1 Å². The zero-order chi connectivity index (χ0) is 21.5. The maximum absolute atomic E-state index is 13.3. The number of aromatic amines is 2. The lowest BCUT2D eigenvalue weighted by Gasteiger charge is -2.35. The van der Waals surface area contributed by atoms with Crippen molar-refractivity contribution >= 4 is 16.8 Å². The molecule has 4 heterocycles. The molecule has 5 rings (SSSR count). The molecule has 0 unspecified atom stereocenters. The molecule has 3 aromatic heterocycles. The second kappa shape index (κ2) is 7.39. The number of nitrogens with zero attached hydrogens (tertiary/aromatic N) is 3. The molecular weight excluding hydrogens is 394 g/mol. The summed E-state index contributed by atoms with van der Waals surface area (Å²) < 4.78 is 1.05. The van der Waals surface area contributed by atoms with Gasteiger partial charge < -0.3 is 9.88 Å². The van der Waals surface area contributed by atoms with Crippen LogP contribution in [0.4, 0.5) is 0 Å². The molecule has 0 radical (unpaired) electrons. The third-order valence-electron chi connectivity index (χ3n) is 5.73. The SMILES string of the molecule is Cc1cccc([C@H]2c3[nH]c4ccccc4c3CCN2C(=O)Cn2[nH]c(=O)ccc2=O)n1.